The van der Waals surface area contributed by atoms with E-state index in [0.717, 1.165) is 0 Å². The van der Waals surface area contributed by atoms with Gasteiger partial charge < -0.3 is 9.84 Å². The van der Waals surface area contributed by atoms with Crippen LogP contribution in [0.5, 0.6) is 5.75 Å². The van der Waals surface area contributed by atoms with Crippen LogP contribution in [0.2, 0.25) is 0 Å². The van der Waals surface area contributed by atoms with Gasteiger partial charge in [0.05, 0.1) is 5.56 Å². The first-order valence-electron chi connectivity index (χ1n) is 3.86. The monoisotopic (exact) mass is 262 g/mol. The molecule has 0 aliphatic heterocycles. The van der Waals surface area contributed by atoms with Gasteiger partial charge in [-0.15, -0.1) is 0 Å². The molecule has 0 spiro atoms. The molecule has 3 nitrogen and oxygen atoms in total. The van der Waals surface area contributed by atoms with Crippen molar-refractivity contribution >= 4 is 21.9 Å². The van der Waals surface area contributed by atoms with Gasteiger partial charge in [0.15, 0.2) is 0 Å². The van der Waals surface area contributed by atoms with Crippen LogP contribution in [0.1, 0.15) is 10.4 Å². The summed E-state index contributed by atoms with van der Waals surface area (Å²) in [5, 5.41) is 8.71. The summed E-state index contributed by atoms with van der Waals surface area (Å²) in [7, 11) is 0. The van der Waals surface area contributed by atoms with Crippen LogP contribution in [0, 0.1) is 0 Å². The molecular formula is C9H8BrFO3. The Morgan fingerprint density at radius 3 is 2.79 bits per heavy atom. The van der Waals surface area contributed by atoms with Crippen molar-refractivity contribution in [2.75, 3.05) is 13.3 Å². The minimum absolute atomic E-state index is 0.0739. The molecule has 0 atom stereocenters. The summed E-state index contributed by atoms with van der Waals surface area (Å²) in [5.41, 5.74) is 0.105. The number of aromatic carboxylic acids is 1. The van der Waals surface area contributed by atoms with E-state index in [0.29, 0.717) is 10.2 Å². The van der Waals surface area contributed by atoms with Crippen LogP contribution in [-0.2, 0) is 0 Å². The van der Waals surface area contributed by atoms with Gasteiger partial charge in [-0.05, 0) is 18.2 Å². The lowest BCUT2D eigenvalue weighted by Crippen LogP contribution is -2.01. The number of carboxylic acid groups (broad SMARTS) is 1. The second kappa shape index (κ2) is 4.95. The molecule has 76 valence electrons. The molecule has 0 bridgehead atoms. The van der Waals surface area contributed by atoms with E-state index in [1.54, 1.807) is 6.07 Å². The molecule has 0 heterocycles. The second-order valence-corrected chi connectivity index (χ2v) is 3.43. The van der Waals surface area contributed by atoms with Gasteiger partial charge in [-0.25, -0.2) is 9.18 Å². The summed E-state index contributed by atoms with van der Waals surface area (Å²) in [4.78, 5) is 10.6. The molecule has 1 rings (SSSR count). The quantitative estimate of drug-likeness (QED) is 0.907. The number of benzene rings is 1. The van der Waals surface area contributed by atoms with Crippen molar-refractivity contribution in [2.45, 2.75) is 0 Å². The molecule has 0 aromatic heterocycles. The van der Waals surface area contributed by atoms with E-state index in [1.807, 2.05) is 0 Å². The first kappa shape index (κ1) is 11.0. The number of alkyl halides is 1. The molecule has 0 aliphatic carbocycles. The van der Waals surface area contributed by atoms with Crippen LogP contribution >= 0.6 is 15.9 Å². The minimum Gasteiger partial charge on any atom is -0.491 e. The standard InChI is InChI=1S/C9H8BrFO3/c10-7-3-6(9(12)13)4-8(5-7)14-2-1-11/h3-5H,1-2H2,(H,12,13). The number of carbonyl (C=O) groups is 1. The number of rotatable bonds is 4. The van der Waals surface area contributed by atoms with Gasteiger partial charge in [0.2, 0.25) is 0 Å². The molecule has 1 N–H and O–H groups in total. The fourth-order valence-corrected chi connectivity index (χ4v) is 1.40. The largest absolute Gasteiger partial charge is 0.491 e. The average Bonchev–Trinajstić information content (AvgIpc) is 2.14. The van der Waals surface area contributed by atoms with E-state index in [2.05, 4.69) is 15.9 Å². The van der Waals surface area contributed by atoms with Crippen LogP contribution in [0.3, 0.4) is 0 Å². The third kappa shape index (κ3) is 2.99. The summed E-state index contributed by atoms with van der Waals surface area (Å²) in [5.74, 6) is -0.703. The van der Waals surface area contributed by atoms with Crippen LogP contribution in [0.25, 0.3) is 0 Å². The highest BCUT2D eigenvalue weighted by atomic mass is 79.9. The Labute approximate surface area is 88.6 Å². The third-order valence-corrected chi connectivity index (χ3v) is 1.92. The van der Waals surface area contributed by atoms with E-state index in [-0.39, 0.29) is 12.2 Å². The molecule has 1 aromatic rings. The number of hydrogen-bond acceptors (Lipinski definition) is 2. The summed E-state index contributed by atoms with van der Waals surface area (Å²) >= 11 is 3.14. The van der Waals surface area contributed by atoms with Crippen molar-refractivity contribution in [1.29, 1.82) is 0 Å². The van der Waals surface area contributed by atoms with E-state index in [1.165, 1.54) is 12.1 Å². The molecule has 5 heteroatoms. The van der Waals surface area contributed by atoms with Crippen LogP contribution < -0.4 is 4.74 Å². The summed E-state index contributed by atoms with van der Waals surface area (Å²) in [6.45, 7) is -0.676. The number of carboxylic acids is 1. The third-order valence-electron chi connectivity index (χ3n) is 1.46. The van der Waals surface area contributed by atoms with Crippen molar-refractivity contribution in [3.63, 3.8) is 0 Å². The zero-order valence-electron chi connectivity index (χ0n) is 7.17. The lowest BCUT2D eigenvalue weighted by Gasteiger charge is -2.05. The molecule has 14 heavy (non-hydrogen) atoms. The van der Waals surface area contributed by atoms with E-state index >= 15 is 0 Å². The molecule has 0 amide bonds. The topological polar surface area (TPSA) is 46.5 Å². The minimum atomic E-state index is -1.05. The van der Waals surface area contributed by atoms with Gasteiger partial charge in [-0.1, -0.05) is 15.9 Å². The molecule has 0 aliphatic rings. The normalized spacial score (nSPS) is 9.86. The number of hydrogen-bond donors (Lipinski definition) is 1. The Hall–Kier alpha value is -1.10. The van der Waals surface area contributed by atoms with Gasteiger partial charge >= 0.3 is 5.97 Å². The Kier molecular flexibility index (Phi) is 3.88. The maximum absolute atomic E-state index is 11.8. The lowest BCUT2D eigenvalue weighted by atomic mass is 10.2. The molecule has 1 aromatic carbocycles. The van der Waals surface area contributed by atoms with E-state index in [4.69, 9.17) is 9.84 Å². The van der Waals surface area contributed by atoms with Crippen molar-refractivity contribution in [2.24, 2.45) is 0 Å². The maximum Gasteiger partial charge on any atom is 0.335 e. The Morgan fingerprint density at radius 2 is 2.21 bits per heavy atom. The molecule has 0 saturated carbocycles. The average molecular weight is 263 g/mol. The Bertz CT molecular complexity index is 341. The van der Waals surface area contributed by atoms with Crippen molar-refractivity contribution in [3.05, 3.63) is 28.2 Å². The van der Waals surface area contributed by atoms with Crippen molar-refractivity contribution in [1.82, 2.24) is 0 Å². The van der Waals surface area contributed by atoms with Gasteiger partial charge in [-0.3, -0.25) is 0 Å². The fraction of sp³-hybridized carbons (Fsp3) is 0.222. The molecule has 0 radical (unpaired) electrons. The predicted molar refractivity (Wildman–Crippen MR) is 52.6 cm³/mol. The zero-order chi connectivity index (χ0) is 10.6. The number of ether oxygens (including phenoxy) is 1. The maximum atomic E-state index is 11.8. The van der Waals surface area contributed by atoms with Crippen LogP contribution in [0.4, 0.5) is 4.39 Å². The summed E-state index contributed by atoms with van der Waals surface area (Å²) in [6, 6.07) is 4.38. The van der Waals surface area contributed by atoms with Crippen LogP contribution in [-0.4, -0.2) is 24.4 Å². The van der Waals surface area contributed by atoms with Crippen molar-refractivity contribution in [3.8, 4) is 5.75 Å². The van der Waals surface area contributed by atoms with Crippen LogP contribution in [0.15, 0.2) is 22.7 Å². The summed E-state index contributed by atoms with van der Waals surface area (Å²) in [6.07, 6.45) is 0. The number of halogens is 2. The van der Waals surface area contributed by atoms with Gasteiger partial charge in [-0.2, -0.15) is 0 Å². The van der Waals surface area contributed by atoms with Gasteiger partial charge in [0, 0.05) is 4.47 Å². The highest BCUT2D eigenvalue weighted by molar-refractivity contribution is 9.10. The lowest BCUT2D eigenvalue weighted by molar-refractivity contribution is 0.0696. The van der Waals surface area contributed by atoms with E-state index in [9.17, 15) is 9.18 Å². The Morgan fingerprint density at radius 1 is 1.50 bits per heavy atom. The van der Waals surface area contributed by atoms with Crippen molar-refractivity contribution < 1.29 is 19.0 Å². The van der Waals surface area contributed by atoms with Gasteiger partial charge in [0.1, 0.15) is 19.0 Å². The molecule has 0 unspecified atom stereocenters. The second-order valence-electron chi connectivity index (χ2n) is 2.52. The zero-order valence-corrected chi connectivity index (χ0v) is 8.75. The van der Waals surface area contributed by atoms with Gasteiger partial charge in [0.25, 0.3) is 0 Å². The Balaban J connectivity index is 2.89. The predicted octanol–water partition coefficient (Wildman–Crippen LogP) is 2.50. The van der Waals surface area contributed by atoms with E-state index < -0.39 is 12.6 Å². The highest BCUT2D eigenvalue weighted by Crippen LogP contribution is 2.21. The first-order chi connectivity index (χ1) is 6.63. The SMILES string of the molecule is O=C(O)c1cc(Br)cc(OCCF)c1. The molecular weight excluding hydrogens is 255 g/mol. The summed E-state index contributed by atoms with van der Waals surface area (Å²) < 4.78 is 17.3. The highest BCUT2D eigenvalue weighted by Gasteiger charge is 2.06. The fourth-order valence-electron chi connectivity index (χ4n) is 0.926. The smallest absolute Gasteiger partial charge is 0.335 e. The first-order valence-corrected chi connectivity index (χ1v) is 4.65. The molecule has 0 saturated heterocycles. The molecule has 0 fully saturated rings.